The van der Waals surface area contributed by atoms with Gasteiger partial charge in [0.15, 0.2) is 11.5 Å². The first-order valence-corrected chi connectivity index (χ1v) is 10.6. The highest BCUT2D eigenvalue weighted by Gasteiger charge is 2.23. The zero-order valence-electron chi connectivity index (χ0n) is 15.8. The van der Waals surface area contributed by atoms with Crippen LogP contribution in [0.2, 0.25) is 0 Å². The van der Waals surface area contributed by atoms with Crippen LogP contribution in [0.3, 0.4) is 0 Å². The Bertz CT molecular complexity index is 1140. The maximum atomic E-state index is 11.5. The van der Waals surface area contributed by atoms with E-state index in [4.69, 9.17) is 9.47 Å². The van der Waals surface area contributed by atoms with Gasteiger partial charge < -0.3 is 19.4 Å². The van der Waals surface area contributed by atoms with Gasteiger partial charge in [-0.1, -0.05) is 0 Å². The fraction of sp³-hybridized carbons (Fsp3) is 0.333. The zero-order valence-corrected chi connectivity index (χ0v) is 16.6. The summed E-state index contributed by atoms with van der Waals surface area (Å²) in [5, 5.41) is 0.869. The molecule has 0 amide bonds. The van der Waals surface area contributed by atoms with Crippen LogP contribution in [-0.2, 0) is 23.0 Å². The average Bonchev–Trinajstić information content (AvgIpc) is 3.05. The molecule has 0 saturated heterocycles. The van der Waals surface area contributed by atoms with E-state index < -0.39 is 10.0 Å². The van der Waals surface area contributed by atoms with Crippen LogP contribution in [0.4, 0.5) is 11.6 Å². The number of H-pyrrole nitrogens is 1. The summed E-state index contributed by atoms with van der Waals surface area (Å²) in [5.74, 6) is 2.51. The number of hydrogen-bond acceptors (Lipinski definition) is 7. The Morgan fingerprint density at radius 1 is 1.14 bits per heavy atom. The summed E-state index contributed by atoms with van der Waals surface area (Å²) in [5.41, 5.74) is 2.83. The van der Waals surface area contributed by atoms with Crippen LogP contribution in [0.25, 0.3) is 10.9 Å². The summed E-state index contributed by atoms with van der Waals surface area (Å²) in [6, 6.07) is 5.54. The Morgan fingerprint density at radius 2 is 1.89 bits per heavy atom. The van der Waals surface area contributed by atoms with Crippen molar-refractivity contribution in [3.63, 3.8) is 0 Å². The Kier molecular flexibility index (Phi) is 4.50. The Morgan fingerprint density at radius 3 is 2.61 bits per heavy atom. The van der Waals surface area contributed by atoms with E-state index in [1.807, 2.05) is 18.2 Å². The second-order valence-electron chi connectivity index (χ2n) is 6.65. The molecular weight excluding hydrogens is 382 g/mol. The summed E-state index contributed by atoms with van der Waals surface area (Å²) >= 11 is 0. The van der Waals surface area contributed by atoms with E-state index in [1.54, 1.807) is 14.2 Å². The number of sulfonamides is 1. The normalized spacial score (nSPS) is 14.0. The SMILES string of the molecule is COc1cc2ncnc(N3CCc4[nH]c(NS(C)(=O)=O)cc4C3)c2cc1OC. The van der Waals surface area contributed by atoms with Gasteiger partial charge in [-0.2, -0.15) is 0 Å². The molecule has 3 heterocycles. The van der Waals surface area contributed by atoms with Crippen LogP contribution >= 0.6 is 0 Å². The van der Waals surface area contributed by atoms with Crippen LogP contribution in [0.5, 0.6) is 11.5 Å². The lowest BCUT2D eigenvalue weighted by Gasteiger charge is -2.28. The summed E-state index contributed by atoms with van der Waals surface area (Å²) in [6.45, 7) is 1.35. The van der Waals surface area contributed by atoms with Crippen molar-refractivity contribution in [2.24, 2.45) is 0 Å². The Hall–Kier alpha value is -3.01. The van der Waals surface area contributed by atoms with E-state index in [0.717, 1.165) is 47.2 Å². The molecule has 0 fully saturated rings. The van der Waals surface area contributed by atoms with Crippen LogP contribution in [0.1, 0.15) is 11.3 Å². The number of benzene rings is 1. The quantitative estimate of drug-likeness (QED) is 0.670. The van der Waals surface area contributed by atoms with Gasteiger partial charge >= 0.3 is 0 Å². The third-order valence-corrected chi connectivity index (χ3v) is 5.29. The molecule has 28 heavy (non-hydrogen) atoms. The summed E-state index contributed by atoms with van der Waals surface area (Å²) in [6.07, 6.45) is 3.42. The second kappa shape index (κ2) is 6.86. The number of anilines is 2. The van der Waals surface area contributed by atoms with Crippen LogP contribution in [-0.4, -0.2) is 50.4 Å². The van der Waals surface area contributed by atoms with Crippen molar-refractivity contribution in [1.82, 2.24) is 15.0 Å². The van der Waals surface area contributed by atoms with E-state index in [-0.39, 0.29) is 0 Å². The summed E-state index contributed by atoms with van der Waals surface area (Å²) in [7, 11) is -0.144. The third kappa shape index (κ3) is 3.42. The highest BCUT2D eigenvalue weighted by atomic mass is 32.2. The van der Waals surface area contributed by atoms with Crippen LogP contribution in [0, 0.1) is 0 Å². The summed E-state index contributed by atoms with van der Waals surface area (Å²) in [4.78, 5) is 14.1. The first kappa shape index (κ1) is 18.4. The molecule has 0 spiro atoms. The van der Waals surface area contributed by atoms with Gasteiger partial charge in [0.25, 0.3) is 0 Å². The molecular formula is C18H21N5O4S. The van der Waals surface area contributed by atoms with Gasteiger partial charge in [-0.3, -0.25) is 4.72 Å². The maximum Gasteiger partial charge on any atom is 0.230 e. The molecule has 0 atom stereocenters. The van der Waals surface area contributed by atoms with E-state index in [9.17, 15) is 8.42 Å². The lowest BCUT2D eigenvalue weighted by molar-refractivity contribution is 0.356. The van der Waals surface area contributed by atoms with Gasteiger partial charge in [-0.15, -0.1) is 0 Å². The average molecular weight is 403 g/mol. The topological polar surface area (TPSA) is 109 Å². The number of rotatable bonds is 5. The third-order valence-electron chi connectivity index (χ3n) is 4.70. The van der Waals surface area contributed by atoms with E-state index in [1.165, 1.54) is 6.33 Å². The number of nitrogens with one attached hydrogen (secondary N) is 2. The molecule has 10 heteroatoms. The van der Waals surface area contributed by atoms with Crippen LogP contribution < -0.4 is 19.1 Å². The fourth-order valence-electron chi connectivity index (χ4n) is 3.49. The first-order chi connectivity index (χ1) is 13.4. The number of nitrogens with zero attached hydrogens (tertiary/aromatic N) is 3. The molecule has 2 N–H and O–H groups in total. The number of aromatic amines is 1. The van der Waals surface area contributed by atoms with Gasteiger partial charge in [0, 0.05) is 36.7 Å². The van der Waals surface area contributed by atoms with Gasteiger partial charge in [-0.25, -0.2) is 18.4 Å². The smallest absolute Gasteiger partial charge is 0.230 e. The molecule has 1 aromatic carbocycles. The molecule has 3 aromatic rings. The number of ether oxygens (including phenoxy) is 2. The molecule has 0 radical (unpaired) electrons. The molecule has 1 aliphatic heterocycles. The van der Waals surface area contributed by atoms with E-state index in [2.05, 4.69) is 24.6 Å². The van der Waals surface area contributed by atoms with Gasteiger partial charge in [0.1, 0.15) is 18.0 Å². The lowest BCUT2D eigenvalue weighted by atomic mass is 10.1. The zero-order chi connectivity index (χ0) is 19.9. The van der Waals surface area contributed by atoms with Crippen molar-refractivity contribution < 1.29 is 17.9 Å². The second-order valence-corrected chi connectivity index (χ2v) is 8.40. The lowest BCUT2D eigenvalue weighted by Crippen LogP contribution is -2.30. The van der Waals surface area contributed by atoms with E-state index >= 15 is 0 Å². The molecule has 0 saturated carbocycles. The van der Waals surface area contributed by atoms with E-state index in [0.29, 0.717) is 23.9 Å². The molecule has 0 bridgehead atoms. The van der Waals surface area contributed by atoms with Crippen molar-refractivity contribution in [3.8, 4) is 11.5 Å². The van der Waals surface area contributed by atoms with Gasteiger partial charge in [0.2, 0.25) is 10.0 Å². The molecule has 148 valence electrons. The van der Waals surface area contributed by atoms with Crippen molar-refractivity contribution in [1.29, 1.82) is 0 Å². The highest BCUT2D eigenvalue weighted by molar-refractivity contribution is 7.92. The minimum Gasteiger partial charge on any atom is -0.493 e. The Labute approximate surface area is 162 Å². The molecule has 4 rings (SSSR count). The fourth-order valence-corrected chi connectivity index (χ4v) is 4.00. The molecule has 9 nitrogen and oxygen atoms in total. The summed E-state index contributed by atoms with van der Waals surface area (Å²) < 4.78 is 36.2. The number of aromatic nitrogens is 3. The number of fused-ring (bicyclic) bond motifs is 2. The van der Waals surface area contributed by atoms with Crippen molar-refractivity contribution in [3.05, 3.63) is 35.8 Å². The first-order valence-electron chi connectivity index (χ1n) is 8.68. The number of methoxy groups -OCH3 is 2. The van der Waals surface area contributed by atoms with Gasteiger partial charge in [0.05, 0.1) is 26.0 Å². The standard InChI is InChI=1S/C18H21N5O4S/c1-26-15-7-12-14(8-16(15)27-2)19-10-20-18(12)23-5-4-13-11(9-23)6-17(21-13)22-28(3,24)25/h6-8,10,21-22H,4-5,9H2,1-3H3. The largest absolute Gasteiger partial charge is 0.493 e. The van der Waals surface area contributed by atoms with Crippen molar-refractivity contribution in [2.75, 3.05) is 36.6 Å². The molecule has 1 aliphatic rings. The molecule has 2 aromatic heterocycles. The predicted octanol–water partition coefficient (Wildman–Crippen LogP) is 1.91. The monoisotopic (exact) mass is 403 g/mol. The van der Waals surface area contributed by atoms with Gasteiger partial charge in [-0.05, 0) is 17.7 Å². The van der Waals surface area contributed by atoms with Crippen LogP contribution in [0.15, 0.2) is 24.5 Å². The minimum atomic E-state index is -3.33. The number of hydrogen-bond donors (Lipinski definition) is 2. The molecule has 0 unspecified atom stereocenters. The predicted molar refractivity (Wildman–Crippen MR) is 107 cm³/mol. The minimum absolute atomic E-state index is 0.480. The Balaban J connectivity index is 1.70. The van der Waals surface area contributed by atoms with Crippen molar-refractivity contribution in [2.45, 2.75) is 13.0 Å². The van der Waals surface area contributed by atoms with Crippen molar-refractivity contribution >= 4 is 32.6 Å². The molecule has 0 aliphatic carbocycles. The maximum absolute atomic E-state index is 11.5. The highest BCUT2D eigenvalue weighted by Crippen LogP contribution is 2.36.